The number of thioether (sulfide) groups is 1. The molecule has 0 aromatic heterocycles. The number of benzene rings is 1. The van der Waals surface area contributed by atoms with Crippen molar-refractivity contribution in [3.63, 3.8) is 0 Å². The SMILES string of the molecule is Cc1ccc(N)cc1SCC(=O)N1CCCC(C(N)=O)C1. The van der Waals surface area contributed by atoms with E-state index in [1.807, 2.05) is 25.1 Å². The van der Waals surface area contributed by atoms with Crippen LogP contribution in [0.3, 0.4) is 0 Å². The van der Waals surface area contributed by atoms with Crippen molar-refractivity contribution in [2.24, 2.45) is 11.7 Å². The molecule has 0 bridgehead atoms. The van der Waals surface area contributed by atoms with Crippen molar-refractivity contribution in [1.29, 1.82) is 0 Å². The van der Waals surface area contributed by atoms with Gasteiger partial charge in [0.25, 0.3) is 0 Å². The van der Waals surface area contributed by atoms with E-state index in [-0.39, 0.29) is 17.7 Å². The monoisotopic (exact) mass is 307 g/mol. The number of nitrogen functional groups attached to an aromatic ring is 1. The van der Waals surface area contributed by atoms with E-state index >= 15 is 0 Å². The van der Waals surface area contributed by atoms with Crippen molar-refractivity contribution in [3.8, 4) is 0 Å². The Balaban J connectivity index is 1.92. The van der Waals surface area contributed by atoms with Crippen molar-refractivity contribution in [2.45, 2.75) is 24.7 Å². The normalized spacial score (nSPS) is 18.5. The second kappa shape index (κ2) is 6.85. The van der Waals surface area contributed by atoms with Gasteiger partial charge in [-0.2, -0.15) is 0 Å². The van der Waals surface area contributed by atoms with Crippen molar-refractivity contribution in [1.82, 2.24) is 4.90 Å². The zero-order valence-corrected chi connectivity index (χ0v) is 13.0. The Labute approximate surface area is 129 Å². The molecule has 1 aliphatic heterocycles. The summed E-state index contributed by atoms with van der Waals surface area (Å²) in [5.41, 5.74) is 12.9. The highest BCUT2D eigenvalue weighted by molar-refractivity contribution is 8.00. The molecule has 114 valence electrons. The number of piperidine rings is 1. The molecule has 0 aliphatic carbocycles. The van der Waals surface area contributed by atoms with E-state index in [9.17, 15) is 9.59 Å². The lowest BCUT2D eigenvalue weighted by Gasteiger charge is -2.31. The van der Waals surface area contributed by atoms with Crippen molar-refractivity contribution in [3.05, 3.63) is 23.8 Å². The number of amides is 2. The quantitative estimate of drug-likeness (QED) is 0.650. The zero-order valence-electron chi connectivity index (χ0n) is 12.2. The lowest BCUT2D eigenvalue weighted by molar-refractivity contribution is -0.132. The number of primary amides is 1. The maximum absolute atomic E-state index is 12.3. The standard InChI is InChI=1S/C15H21N3O2S/c1-10-4-5-12(16)7-13(10)21-9-14(19)18-6-2-3-11(8-18)15(17)20/h4-5,7,11H,2-3,6,8-9,16H2,1H3,(H2,17,20). The molecule has 2 rings (SSSR count). The summed E-state index contributed by atoms with van der Waals surface area (Å²) < 4.78 is 0. The van der Waals surface area contributed by atoms with E-state index in [4.69, 9.17) is 11.5 Å². The number of carbonyl (C=O) groups is 2. The van der Waals surface area contributed by atoms with Gasteiger partial charge in [0.15, 0.2) is 0 Å². The fourth-order valence-electron chi connectivity index (χ4n) is 2.44. The molecule has 0 spiro atoms. The van der Waals surface area contributed by atoms with Gasteiger partial charge < -0.3 is 16.4 Å². The number of hydrogen-bond acceptors (Lipinski definition) is 4. The number of hydrogen-bond donors (Lipinski definition) is 2. The summed E-state index contributed by atoms with van der Waals surface area (Å²) in [5, 5.41) is 0. The van der Waals surface area contributed by atoms with E-state index in [1.165, 1.54) is 11.8 Å². The maximum Gasteiger partial charge on any atom is 0.232 e. The largest absolute Gasteiger partial charge is 0.399 e. The second-order valence-corrected chi connectivity index (χ2v) is 6.41. The van der Waals surface area contributed by atoms with Crippen LogP contribution >= 0.6 is 11.8 Å². The van der Waals surface area contributed by atoms with Crippen LogP contribution in [0, 0.1) is 12.8 Å². The first-order valence-electron chi connectivity index (χ1n) is 7.03. The van der Waals surface area contributed by atoms with Gasteiger partial charge in [-0.15, -0.1) is 11.8 Å². The minimum absolute atomic E-state index is 0.0489. The molecule has 1 atom stereocenters. The van der Waals surface area contributed by atoms with Crippen LogP contribution in [-0.4, -0.2) is 35.6 Å². The minimum atomic E-state index is -0.313. The molecule has 1 aliphatic rings. The number of nitrogens with zero attached hydrogens (tertiary/aromatic N) is 1. The van der Waals surface area contributed by atoms with Crippen molar-refractivity contribution >= 4 is 29.3 Å². The molecular weight excluding hydrogens is 286 g/mol. The summed E-state index contributed by atoms with van der Waals surface area (Å²) in [6.07, 6.45) is 1.61. The van der Waals surface area contributed by atoms with Gasteiger partial charge in [0.2, 0.25) is 11.8 Å². The Bertz CT molecular complexity index is 548. The highest BCUT2D eigenvalue weighted by Gasteiger charge is 2.26. The lowest BCUT2D eigenvalue weighted by Crippen LogP contribution is -2.44. The lowest BCUT2D eigenvalue weighted by atomic mass is 9.97. The molecule has 21 heavy (non-hydrogen) atoms. The third-order valence-electron chi connectivity index (χ3n) is 3.74. The van der Waals surface area contributed by atoms with E-state index in [0.717, 1.165) is 23.3 Å². The average Bonchev–Trinajstić information content (AvgIpc) is 2.48. The summed E-state index contributed by atoms with van der Waals surface area (Å²) in [7, 11) is 0. The van der Waals surface area contributed by atoms with Crippen molar-refractivity contribution < 1.29 is 9.59 Å². The molecule has 1 aromatic carbocycles. The maximum atomic E-state index is 12.3. The highest BCUT2D eigenvalue weighted by atomic mass is 32.2. The summed E-state index contributed by atoms with van der Waals surface area (Å²) in [4.78, 5) is 26.3. The number of nitrogens with two attached hydrogens (primary N) is 2. The first-order valence-corrected chi connectivity index (χ1v) is 8.02. The van der Waals surface area contributed by atoms with Crippen LogP contribution in [0.4, 0.5) is 5.69 Å². The third kappa shape index (κ3) is 4.14. The van der Waals surface area contributed by atoms with Crippen molar-refractivity contribution in [2.75, 3.05) is 24.6 Å². The van der Waals surface area contributed by atoms with E-state index in [0.29, 0.717) is 24.5 Å². The molecule has 0 saturated carbocycles. The zero-order chi connectivity index (χ0) is 15.4. The van der Waals surface area contributed by atoms with Gasteiger partial charge in [0.1, 0.15) is 0 Å². The average molecular weight is 307 g/mol. The molecule has 2 amide bonds. The van der Waals surface area contributed by atoms with E-state index in [2.05, 4.69) is 0 Å². The first-order chi connectivity index (χ1) is 9.97. The van der Waals surface area contributed by atoms with Gasteiger partial charge in [-0.25, -0.2) is 0 Å². The molecule has 1 fully saturated rings. The van der Waals surface area contributed by atoms with Gasteiger partial charge >= 0.3 is 0 Å². The molecule has 1 heterocycles. The fraction of sp³-hybridized carbons (Fsp3) is 0.467. The summed E-state index contributed by atoms with van der Waals surface area (Å²) >= 11 is 1.49. The molecule has 6 heteroatoms. The van der Waals surface area contributed by atoms with E-state index < -0.39 is 0 Å². The Morgan fingerprint density at radius 3 is 2.90 bits per heavy atom. The minimum Gasteiger partial charge on any atom is -0.399 e. The van der Waals surface area contributed by atoms with Crippen LogP contribution in [0.5, 0.6) is 0 Å². The Kier molecular flexibility index (Phi) is 5.12. The van der Waals surface area contributed by atoms with Gasteiger partial charge in [0, 0.05) is 23.7 Å². The van der Waals surface area contributed by atoms with Crippen LogP contribution in [0.2, 0.25) is 0 Å². The summed E-state index contributed by atoms with van der Waals surface area (Å²) in [5.74, 6) is -0.114. The van der Waals surface area contributed by atoms with Crippen LogP contribution in [-0.2, 0) is 9.59 Å². The highest BCUT2D eigenvalue weighted by Crippen LogP contribution is 2.25. The van der Waals surface area contributed by atoms with Crippen LogP contribution in [0.1, 0.15) is 18.4 Å². The fourth-order valence-corrected chi connectivity index (χ4v) is 3.42. The molecule has 0 radical (unpaired) electrons. The number of aryl methyl sites for hydroxylation is 1. The molecular formula is C15H21N3O2S. The molecule has 4 N–H and O–H groups in total. The number of likely N-dealkylation sites (tertiary alicyclic amines) is 1. The summed E-state index contributed by atoms with van der Waals surface area (Å²) in [6, 6.07) is 5.69. The van der Waals surface area contributed by atoms with Gasteiger partial charge in [0.05, 0.1) is 11.7 Å². The Morgan fingerprint density at radius 2 is 2.19 bits per heavy atom. The van der Waals surface area contributed by atoms with Crippen LogP contribution in [0.15, 0.2) is 23.1 Å². The second-order valence-electron chi connectivity index (χ2n) is 5.39. The number of rotatable bonds is 4. The topological polar surface area (TPSA) is 89.4 Å². The predicted octanol–water partition coefficient (Wildman–Crippen LogP) is 1.39. The first kappa shape index (κ1) is 15.7. The predicted molar refractivity (Wildman–Crippen MR) is 84.8 cm³/mol. The van der Waals surface area contributed by atoms with Gasteiger partial charge in [-0.1, -0.05) is 6.07 Å². The number of anilines is 1. The third-order valence-corrected chi connectivity index (χ3v) is 4.88. The van der Waals surface area contributed by atoms with Crippen LogP contribution < -0.4 is 11.5 Å². The smallest absolute Gasteiger partial charge is 0.232 e. The summed E-state index contributed by atoms with van der Waals surface area (Å²) in [6.45, 7) is 3.15. The Morgan fingerprint density at radius 1 is 1.43 bits per heavy atom. The van der Waals surface area contributed by atoms with E-state index in [1.54, 1.807) is 4.90 Å². The van der Waals surface area contributed by atoms with Crippen LogP contribution in [0.25, 0.3) is 0 Å². The molecule has 5 nitrogen and oxygen atoms in total. The van der Waals surface area contributed by atoms with Gasteiger partial charge in [-0.05, 0) is 37.5 Å². The van der Waals surface area contributed by atoms with Gasteiger partial charge in [-0.3, -0.25) is 9.59 Å². The molecule has 1 aromatic rings. The Hall–Kier alpha value is -1.69. The molecule has 1 unspecified atom stereocenters. The number of carbonyl (C=O) groups excluding carboxylic acids is 2. The molecule has 1 saturated heterocycles.